The number of quaternary nitrogens is 1. The van der Waals surface area contributed by atoms with Crippen molar-refractivity contribution in [2.24, 2.45) is 0 Å². The highest BCUT2D eigenvalue weighted by Gasteiger charge is 2.24. The van der Waals surface area contributed by atoms with E-state index in [-0.39, 0.29) is 36.0 Å². The highest BCUT2D eigenvalue weighted by atomic mass is 127. The number of fused-ring (bicyclic) bond motifs is 1. The monoisotopic (exact) mass is 523 g/mol. The maximum atomic E-state index is 13.0. The SMILES string of the molecule is Cc1oc2cc(OCC(O)C[N+](C)(C)C(C)C)ccc2c(=O)c1-c1ccccc1.[I-]. The molecule has 0 spiro atoms. The molecule has 2 aromatic carbocycles. The molecule has 0 radical (unpaired) electrons. The summed E-state index contributed by atoms with van der Waals surface area (Å²) in [4.78, 5) is 13.0. The Kier molecular flexibility index (Phi) is 8.07. The molecule has 5 nitrogen and oxygen atoms in total. The van der Waals surface area contributed by atoms with Gasteiger partial charge in [-0.3, -0.25) is 4.79 Å². The van der Waals surface area contributed by atoms with Crippen molar-refractivity contribution in [2.75, 3.05) is 27.2 Å². The Morgan fingerprint density at radius 1 is 1.10 bits per heavy atom. The van der Waals surface area contributed by atoms with E-state index >= 15 is 0 Å². The molecule has 0 saturated heterocycles. The van der Waals surface area contributed by atoms with Crippen LogP contribution in [0.1, 0.15) is 19.6 Å². The third-order valence-electron chi connectivity index (χ3n) is 5.62. The fourth-order valence-electron chi connectivity index (χ4n) is 3.31. The Bertz CT molecular complexity index is 1040. The Morgan fingerprint density at radius 3 is 2.40 bits per heavy atom. The molecule has 0 aliphatic carbocycles. The molecule has 1 unspecified atom stereocenters. The van der Waals surface area contributed by atoms with E-state index < -0.39 is 6.10 Å². The van der Waals surface area contributed by atoms with E-state index in [0.29, 0.717) is 45.1 Å². The van der Waals surface area contributed by atoms with Crippen LogP contribution in [0.3, 0.4) is 0 Å². The summed E-state index contributed by atoms with van der Waals surface area (Å²) in [6, 6.07) is 15.1. The van der Waals surface area contributed by atoms with Gasteiger partial charge < -0.3 is 42.7 Å². The maximum absolute atomic E-state index is 13.0. The number of aliphatic hydroxyl groups is 1. The fraction of sp³-hybridized carbons (Fsp3) is 0.375. The van der Waals surface area contributed by atoms with Crippen molar-refractivity contribution in [2.45, 2.75) is 32.9 Å². The minimum atomic E-state index is -0.586. The van der Waals surface area contributed by atoms with Crippen molar-refractivity contribution in [3.8, 4) is 16.9 Å². The van der Waals surface area contributed by atoms with Crippen LogP contribution in [0.5, 0.6) is 5.75 Å². The number of hydrogen-bond donors (Lipinski definition) is 1. The number of rotatable bonds is 7. The lowest BCUT2D eigenvalue weighted by molar-refractivity contribution is -0.914. The van der Waals surface area contributed by atoms with Crippen LogP contribution < -0.4 is 34.1 Å². The second-order valence-corrected chi connectivity index (χ2v) is 8.41. The summed E-state index contributed by atoms with van der Waals surface area (Å²) < 4.78 is 12.4. The predicted molar refractivity (Wildman–Crippen MR) is 116 cm³/mol. The molecule has 1 atom stereocenters. The minimum absolute atomic E-state index is 0. The molecule has 3 rings (SSSR count). The summed E-state index contributed by atoms with van der Waals surface area (Å²) in [5, 5.41) is 10.9. The van der Waals surface area contributed by atoms with Crippen molar-refractivity contribution < 1.29 is 42.7 Å². The van der Waals surface area contributed by atoms with Crippen molar-refractivity contribution in [1.82, 2.24) is 0 Å². The second-order valence-electron chi connectivity index (χ2n) is 8.41. The van der Waals surface area contributed by atoms with Gasteiger partial charge in [-0.2, -0.15) is 0 Å². The summed E-state index contributed by atoms with van der Waals surface area (Å²) in [5.74, 6) is 1.14. The topological polar surface area (TPSA) is 59.7 Å². The van der Waals surface area contributed by atoms with Gasteiger partial charge in [0.25, 0.3) is 0 Å². The molecule has 0 aliphatic heterocycles. The third-order valence-corrected chi connectivity index (χ3v) is 5.62. The van der Waals surface area contributed by atoms with Crippen molar-refractivity contribution >= 4 is 11.0 Å². The van der Waals surface area contributed by atoms with Gasteiger partial charge in [-0.1, -0.05) is 30.3 Å². The number of aliphatic hydroxyl groups excluding tert-OH is 1. The molecule has 0 bridgehead atoms. The van der Waals surface area contributed by atoms with Crippen molar-refractivity contribution in [1.29, 1.82) is 0 Å². The smallest absolute Gasteiger partial charge is 0.200 e. The highest BCUT2D eigenvalue weighted by molar-refractivity contribution is 5.83. The quantitative estimate of drug-likeness (QED) is 0.371. The van der Waals surface area contributed by atoms with Crippen LogP contribution in [-0.2, 0) is 0 Å². The van der Waals surface area contributed by atoms with Gasteiger partial charge in [-0.05, 0) is 38.5 Å². The maximum Gasteiger partial charge on any atom is 0.200 e. The van der Waals surface area contributed by atoms with Crippen molar-refractivity contribution in [3.63, 3.8) is 0 Å². The molecule has 1 N–H and O–H groups in total. The molecule has 6 heteroatoms. The number of likely N-dealkylation sites (N-methyl/N-ethyl adjacent to an activating group) is 1. The molecule has 0 aliphatic rings. The number of ether oxygens (including phenoxy) is 1. The summed E-state index contributed by atoms with van der Waals surface area (Å²) in [7, 11) is 4.18. The summed E-state index contributed by atoms with van der Waals surface area (Å²) in [5.41, 5.74) is 1.85. The van der Waals surface area contributed by atoms with Crippen LogP contribution in [0.25, 0.3) is 22.1 Å². The van der Waals surface area contributed by atoms with Gasteiger partial charge in [-0.15, -0.1) is 0 Å². The van der Waals surface area contributed by atoms with Gasteiger partial charge in [-0.25, -0.2) is 0 Å². The van der Waals surface area contributed by atoms with Crippen LogP contribution >= 0.6 is 0 Å². The molecule has 3 aromatic rings. The van der Waals surface area contributed by atoms with Gasteiger partial charge in [0.2, 0.25) is 5.43 Å². The number of benzene rings is 2. The Labute approximate surface area is 194 Å². The molecular weight excluding hydrogens is 493 g/mol. The molecule has 0 saturated carbocycles. The van der Waals surface area contributed by atoms with Gasteiger partial charge in [0.1, 0.15) is 36.3 Å². The third kappa shape index (κ3) is 5.42. The van der Waals surface area contributed by atoms with Gasteiger partial charge in [0, 0.05) is 6.07 Å². The normalized spacial score (nSPS) is 12.6. The first-order valence-electron chi connectivity index (χ1n) is 9.95. The Morgan fingerprint density at radius 2 is 1.77 bits per heavy atom. The van der Waals surface area contributed by atoms with E-state index in [0.717, 1.165) is 5.56 Å². The lowest BCUT2D eigenvalue weighted by Gasteiger charge is -2.35. The standard InChI is InChI=1S/C24H30NO4.HI/c1-16(2)25(4,5)14-19(26)15-28-20-11-12-21-22(13-20)29-17(3)23(24(21)27)18-9-7-6-8-10-18;/h6-13,16,19,26H,14-15H2,1-5H3;1H/q+1;/p-1. The molecule has 30 heavy (non-hydrogen) atoms. The summed E-state index contributed by atoms with van der Waals surface area (Å²) >= 11 is 0. The number of halogens is 1. The van der Waals surface area contributed by atoms with Crippen LogP contribution in [0.15, 0.2) is 57.7 Å². The first-order valence-corrected chi connectivity index (χ1v) is 9.95. The number of nitrogens with zero attached hydrogens (tertiary/aromatic N) is 1. The Balaban J connectivity index is 0.00000320. The lowest BCUT2D eigenvalue weighted by atomic mass is 10.0. The van der Waals surface area contributed by atoms with Gasteiger partial charge >= 0.3 is 0 Å². The summed E-state index contributed by atoms with van der Waals surface area (Å²) in [6.45, 7) is 6.84. The van der Waals surface area contributed by atoms with E-state index in [1.807, 2.05) is 30.3 Å². The Hall–Kier alpha value is -1.90. The van der Waals surface area contributed by atoms with E-state index in [1.54, 1.807) is 25.1 Å². The molecule has 0 fully saturated rings. The lowest BCUT2D eigenvalue weighted by Crippen LogP contribution is -3.00. The van der Waals surface area contributed by atoms with Gasteiger partial charge in [0.15, 0.2) is 0 Å². The largest absolute Gasteiger partial charge is 1.00 e. The van der Waals surface area contributed by atoms with E-state index in [1.165, 1.54) is 0 Å². The van der Waals surface area contributed by atoms with Crippen LogP contribution in [-0.4, -0.2) is 49.0 Å². The van der Waals surface area contributed by atoms with Crippen LogP contribution in [0.4, 0.5) is 0 Å². The first-order chi connectivity index (χ1) is 13.7. The second kappa shape index (κ2) is 9.94. The van der Waals surface area contributed by atoms with Crippen molar-refractivity contribution in [3.05, 3.63) is 64.5 Å². The van der Waals surface area contributed by atoms with Crippen LogP contribution in [0.2, 0.25) is 0 Å². The molecule has 1 heterocycles. The minimum Gasteiger partial charge on any atom is -1.00 e. The molecule has 162 valence electrons. The summed E-state index contributed by atoms with van der Waals surface area (Å²) in [6.07, 6.45) is -0.586. The zero-order chi connectivity index (χ0) is 21.2. The van der Waals surface area contributed by atoms with E-state index in [9.17, 15) is 9.90 Å². The predicted octanol–water partition coefficient (Wildman–Crippen LogP) is 0.997. The molecule has 0 amide bonds. The van der Waals surface area contributed by atoms with E-state index in [4.69, 9.17) is 9.15 Å². The number of aryl methyl sites for hydroxylation is 1. The first kappa shape index (κ1) is 24.4. The average Bonchev–Trinajstić information content (AvgIpc) is 2.66. The molecule has 1 aromatic heterocycles. The zero-order valence-electron chi connectivity index (χ0n) is 18.2. The van der Waals surface area contributed by atoms with E-state index in [2.05, 4.69) is 27.9 Å². The van der Waals surface area contributed by atoms with Gasteiger partial charge in [0.05, 0.1) is 31.1 Å². The average molecular weight is 523 g/mol. The highest BCUT2D eigenvalue weighted by Crippen LogP contribution is 2.26. The zero-order valence-corrected chi connectivity index (χ0v) is 20.3. The van der Waals surface area contributed by atoms with Crippen LogP contribution in [0, 0.1) is 6.92 Å². The fourth-order valence-corrected chi connectivity index (χ4v) is 3.31. The molecular formula is C24H30INO4. The number of hydrogen-bond acceptors (Lipinski definition) is 4.